The molecule has 0 atom stereocenters. The summed E-state index contributed by atoms with van der Waals surface area (Å²) in [7, 11) is 0. The average Bonchev–Trinajstić information content (AvgIpc) is 3.39. The van der Waals surface area contributed by atoms with Crippen molar-refractivity contribution < 1.29 is 4.74 Å². The SMILES string of the molecule is CCCCCCCCCCCCc1ccc(-c2ccc(-c3ccc(OCCCCC)cc3)s2)cc1. The molecule has 0 spiro atoms. The van der Waals surface area contributed by atoms with Gasteiger partial charge in [-0.3, -0.25) is 0 Å². The minimum atomic E-state index is 0.811. The third-order valence-electron chi connectivity index (χ3n) is 6.82. The molecule has 2 aromatic carbocycles. The number of hydrogen-bond donors (Lipinski definition) is 0. The molecule has 0 amide bonds. The van der Waals surface area contributed by atoms with Crippen LogP contribution in [0.4, 0.5) is 0 Å². The Morgan fingerprint density at radius 2 is 1.00 bits per heavy atom. The molecule has 0 saturated carbocycles. The van der Waals surface area contributed by atoms with E-state index >= 15 is 0 Å². The van der Waals surface area contributed by atoms with Gasteiger partial charge in [-0.2, -0.15) is 0 Å². The van der Waals surface area contributed by atoms with E-state index in [1.54, 1.807) is 0 Å². The summed E-state index contributed by atoms with van der Waals surface area (Å²) in [5.41, 5.74) is 4.06. The molecule has 0 radical (unpaired) electrons. The first kappa shape index (κ1) is 27.5. The van der Waals surface area contributed by atoms with Gasteiger partial charge in [0.1, 0.15) is 5.75 Å². The number of aryl methyl sites for hydroxylation is 1. The van der Waals surface area contributed by atoms with Crippen molar-refractivity contribution in [2.24, 2.45) is 0 Å². The molecule has 0 N–H and O–H groups in total. The van der Waals surface area contributed by atoms with Crippen molar-refractivity contribution in [3.63, 3.8) is 0 Å². The number of thiophene rings is 1. The maximum atomic E-state index is 5.86. The zero-order chi connectivity index (χ0) is 24.6. The van der Waals surface area contributed by atoms with Gasteiger partial charge in [-0.1, -0.05) is 109 Å². The lowest BCUT2D eigenvalue weighted by atomic mass is 10.0. The van der Waals surface area contributed by atoms with Crippen LogP contribution in [0.2, 0.25) is 0 Å². The summed E-state index contributed by atoms with van der Waals surface area (Å²) in [6.07, 6.45) is 18.8. The monoisotopic (exact) mass is 490 g/mol. The molecule has 1 heterocycles. The van der Waals surface area contributed by atoms with Crippen LogP contribution in [0, 0.1) is 0 Å². The second kappa shape index (κ2) is 16.6. The predicted octanol–water partition coefficient (Wildman–Crippen LogP) is 11.1. The van der Waals surface area contributed by atoms with Gasteiger partial charge in [-0.05, 0) is 72.4 Å². The lowest BCUT2D eigenvalue weighted by Gasteiger charge is -2.06. The molecule has 0 aliphatic rings. The maximum absolute atomic E-state index is 5.86. The third kappa shape index (κ3) is 10.2. The molecule has 0 saturated heterocycles. The van der Waals surface area contributed by atoms with E-state index in [1.165, 1.54) is 110 Å². The molecular formula is C33H46OS. The molecule has 3 rings (SSSR count). The van der Waals surface area contributed by atoms with E-state index in [0.717, 1.165) is 18.8 Å². The number of ether oxygens (including phenoxy) is 1. The van der Waals surface area contributed by atoms with Crippen molar-refractivity contribution in [3.05, 3.63) is 66.2 Å². The normalized spacial score (nSPS) is 11.1. The minimum Gasteiger partial charge on any atom is -0.494 e. The van der Waals surface area contributed by atoms with E-state index in [4.69, 9.17) is 4.74 Å². The molecule has 0 unspecified atom stereocenters. The highest BCUT2D eigenvalue weighted by atomic mass is 32.1. The van der Waals surface area contributed by atoms with Crippen molar-refractivity contribution in [2.75, 3.05) is 6.61 Å². The standard InChI is InChI=1S/C33H46OS/c1-3-5-7-8-9-10-11-12-13-14-16-28-17-19-29(20-18-28)32-25-26-33(35-32)30-21-23-31(24-22-30)34-27-15-6-4-2/h17-26H,3-16,27H2,1-2H3. The van der Waals surface area contributed by atoms with Crippen LogP contribution >= 0.6 is 11.3 Å². The fraction of sp³-hybridized carbons (Fsp3) is 0.515. The topological polar surface area (TPSA) is 9.23 Å². The molecular weight excluding hydrogens is 444 g/mol. The molecule has 0 aliphatic heterocycles. The Bertz CT molecular complexity index is 922. The molecule has 1 nitrogen and oxygen atoms in total. The Labute approximate surface area is 219 Å². The van der Waals surface area contributed by atoms with Crippen LogP contribution in [0.5, 0.6) is 5.75 Å². The van der Waals surface area contributed by atoms with E-state index in [1.807, 2.05) is 11.3 Å². The predicted molar refractivity (Wildman–Crippen MR) is 156 cm³/mol. The van der Waals surface area contributed by atoms with Crippen molar-refractivity contribution in [2.45, 2.75) is 104 Å². The van der Waals surface area contributed by atoms with Gasteiger partial charge in [0.15, 0.2) is 0 Å². The van der Waals surface area contributed by atoms with Crippen LogP contribution < -0.4 is 4.74 Å². The number of benzene rings is 2. The number of hydrogen-bond acceptors (Lipinski definition) is 2. The average molecular weight is 491 g/mol. The summed E-state index contributed by atoms with van der Waals surface area (Å²) in [5.74, 6) is 0.972. The fourth-order valence-electron chi connectivity index (χ4n) is 4.56. The molecule has 0 fully saturated rings. The van der Waals surface area contributed by atoms with Gasteiger partial charge in [0.2, 0.25) is 0 Å². The van der Waals surface area contributed by atoms with Crippen LogP contribution in [0.1, 0.15) is 103 Å². The second-order valence-corrected chi connectivity index (χ2v) is 11.0. The van der Waals surface area contributed by atoms with Gasteiger partial charge in [0, 0.05) is 9.75 Å². The van der Waals surface area contributed by atoms with Crippen molar-refractivity contribution in [3.8, 4) is 26.6 Å². The quantitative estimate of drug-likeness (QED) is 0.161. The van der Waals surface area contributed by atoms with Crippen LogP contribution in [-0.2, 0) is 6.42 Å². The van der Waals surface area contributed by atoms with Gasteiger partial charge in [-0.15, -0.1) is 11.3 Å². The summed E-state index contributed by atoms with van der Waals surface area (Å²) < 4.78 is 5.86. The molecule has 1 aromatic heterocycles. The Morgan fingerprint density at radius 3 is 1.57 bits per heavy atom. The lowest BCUT2D eigenvalue weighted by Crippen LogP contribution is -1.96. The second-order valence-electron chi connectivity index (χ2n) is 9.87. The largest absolute Gasteiger partial charge is 0.494 e. The third-order valence-corrected chi connectivity index (χ3v) is 8.00. The Balaban J connectivity index is 1.38. The molecule has 2 heteroatoms. The first-order valence-corrected chi connectivity index (χ1v) is 15.0. The van der Waals surface area contributed by atoms with Gasteiger partial charge >= 0.3 is 0 Å². The van der Waals surface area contributed by atoms with E-state index in [0.29, 0.717) is 0 Å². The molecule has 3 aromatic rings. The Kier molecular flexibility index (Phi) is 13.0. The summed E-state index contributed by atoms with van der Waals surface area (Å²) in [4.78, 5) is 2.65. The van der Waals surface area contributed by atoms with Crippen molar-refractivity contribution in [1.82, 2.24) is 0 Å². The summed E-state index contributed by atoms with van der Waals surface area (Å²) in [6, 6.07) is 22.3. The number of rotatable bonds is 18. The van der Waals surface area contributed by atoms with Gasteiger partial charge in [-0.25, -0.2) is 0 Å². The molecule has 190 valence electrons. The first-order chi connectivity index (χ1) is 17.3. The van der Waals surface area contributed by atoms with Gasteiger partial charge < -0.3 is 4.74 Å². The van der Waals surface area contributed by atoms with Gasteiger partial charge in [0.05, 0.1) is 6.61 Å². The smallest absolute Gasteiger partial charge is 0.119 e. The van der Waals surface area contributed by atoms with Crippen LogP contribution in [0.15, 0.2) is 60.7 Å². The van der Waals surface area contributed by atoms with E-state index in [9.17, 15) is 0 Å². The number of unbranched alkanes of at least 4 members (excludes halogenated alkanes) is 11. The molecule has 0 aliphatic carbocycles. The van der Waals surface area contributed by atoms with Crippen molar-refractivity contribution in [1.29, 1.82) is 0 Å². The van der Waals surface area contributed by atoms with Crippen LogP contribution in [-0.4, -0.2) is 6.61 Å². The van der Waals surface area contributed by atoms with Crippen LogP contribution in [0.3, 0.4) is 0 Å². The zero-order valence-corrected chi connectivity index (χ0v) is 23.0. The highest BCUT2D eigenvalue weighted by Gasteiger charge is 2.06. The summed E-state index contributed by atoms with van der Waals surface area (Å²) >= 11 is 1.87. The lowest BCUT2D eigenvalue weighted by molar-refractivity contribution is 0.306. The van der Waals surface area contributed by atoms with Crippen molar-refractivity contribution >= 4 is 11.3 Å². The fourth-order valence-corrected chi connectivity index (χ4v) is 5.57. The maximum Gasteiger partial charge on any atom is 0.119 e. The molecule has 35 heavy (non-hydrogen) atoms. The highest BCUT2D eigenvalue weighted by Crippen LogP contribution is 2.35. The van der Waals surface area contributed by atoms with Gasteiger partial charge in [0.25, 0.3) is 0 Å². The summed E-state index contributed by atoms with van der Waals surface area (Å²) in [6.45, 7) is 5.32. The highest BCUT2D eigenvalue weighted by molar-refractivity contribution is 7.18. The van der Waals surface area contributed by atoms with E-state index < -0.39 is 0 Å². The van der Waals surface area contributed by atoms with E-state index in [2.05, 4.69) is 74.5 Å². The Hall–Kier alpha value is -2.06. The zero-order valence-electron chi connectivity index (χ0n) is 22.2. The first-order valence-electron chi connectivity index (χ1n) is 14.2. The Morgan fingerprint density at radius 1 is 0.514 bits per heavy atom. The van der Waals surface area contributed by atoms with E-state index in [-0.39, 0.29) is 0 Å². The van der Waals surface area contributed by atoms with Crippen LogP contribution in [0.25, 0.3) is 20.9 Å². The summed E-state index contributed by atoms with van der Waals surface area (Å²) in [5, 5.41) is 0. The molecule has 0 bridgehead atoms. The minimum absolute atomic E-state index is 0.811.